The van der Waals surface area contributed by atoms with Gasteiger partial charge in [0.1, 0.15) is 17.4 Å². The summed E-state index contributed by atoms with van der Waals surface area (Å²) in [4.78, 5) is 35.3. The Kier molecular flexibility index (Phi) is 5.75. The van der Waals surface area contributed by atoms with Gasteiger partial charge in [-0.1, -0.05) is 54.6 Å². The summed E-state index contributed by atoms with van der Waals surface area (Å²) in [5.41, 5.74) is 1.34. The number of pyridine rings is 1. The summed E-state index contributed by atoms with van der Waals surface area (Å²) < 4.78 is 5.27. The zero-order chi connectivity index (χ0) is 25.4. The van der Waals surface area contributed by atoms with Crippen molar-refractivity contribution in [2.75, 3.05) is 41.9 Å². The molecule has 2 fully saturated rings. The number of ether oxygens (including phenoxy) is 1. The molecule has 7 heteroatoms. The Morgan fingerprint density at radius 3 is 2.41 bits per heavy atom. The summed E-state index contributed by atoms with van der Waals surface area (Å²) in [6, 6.07) is 27.3. The maximum Gasteiger partial charge on any atom is 0.246 e. The molecular formula is C30H30N4O3. The molecule has 0 radical (unpaired) electrons. The predicted octanol–water partition coefficient (Wildman–Crippen LogP) is 5.01. The quantitative estimate of drug-likeness (QED) is 0.408. The molecule has 0 bridgehead atoms. The molecular weight excluding hydrogens is 464 g/mol. The van der Waals surface area contributed by atoms with Gasteiger partial charge in [0.25, 0.3) is 0 Å². The van der Waals surface area contributed by atoms with E-state index in [4.69, 9.17) is 9.72 Å². The van der Waals surface area contributed by atoms with E-state index in [1.807, 2.05) is 94.7 Å². The van der Waals surface area contributed by atoms with Crippen LogP contribution in [0.5, 0.6) is 5.75 Å². The molecule has 1 aliphatic heterocycles. The fourth-order valence-electron chi connectivity index (χ4n) is 5.14. The van der Waals surface area contributed by atoms with Gasteiger partial charge in [-0.3, -0.25) is 9.59 Å². The highest BCUT2D eigenvalue weighted by Gasteiger charge is 2.51. The molecule has 1 saturated carbocycles. The lowest BCUT2D eigenvalue weighted by Crippen LogP contribution is -2.51. The maximum absolute atomic E-state index is 13.5. The number of benzene rings is 3. The van der Waals surface area contributed by atoms with Gasteiger partial charge in [0.05, 0.1) is 19.1 Å². The maximum atomic E-state index is 13.5. The zero-order valence-corrected chi connectivity index (χ0v) is 20.7. The molecule has 2 heterocycles. The summed E-state index contributed by atoms with van der Waals surface area (Å²) in [5.74, 6) is 1.94. The van der Waals surface area contributed by atoms with Crippen molar-refractivity contribution in [3.63, 3.8) is 0 Å². The third kappa shape index (κ3) is 4.27. The second kappa shape index (κ2) is 9.24. The molecule has 0 spiro atoms. The fraction of sp³-hybridized carbons (Fsp3) is 0.233. The van der Waals surface area contributed by atoms with E-state index in [0.29, 0.717) is 24.7 Å². The van der Waals surface area contributed by atoms with Crippen LogP contribution >= 0.6 is 0 Å². The molecule has 0 unspecified atom stereocenters. The highest BCUT2D eigenvalue weighted by Crippen LogP contribution is 2.49. The van der Waals surface area contributed by atoms with E-state index < -0.39 is 5.41 Å². The minimum Gasteiger partial charge on any atom is -0.497 e. The van der Waals surface area contributed by atoms with Gasteiger partial charge in [-0.25, -0.2) is 4.98 Å². The van der Waals surface area contributed by atoms with Gasteiger partial charge >= 0.3 is 0 Å². The normalized spacial score (nSPS) is 16.5. The number of anilines is 3. The van der Waals surface area contributed by atoms with Crippen molar-refractivity contribution in [1.82, 2.24) is 4.98 Å². The number of amides is 2. The number of carbonyl (C=O) groups excluding carboxylic acids is 2. The Morgan fingerprint density at radius 2 is 1.70 bits per heavy atom. The summed E-state index contributed by atoms with van der Waals surface area (Å²) in [5, 5.41) is 5.01. The first-order valence-corrected chi connectivity index (χ1v) is 12.5. The van der Waals surface area contributed by atoms with Crippen molar-refractivity contribution in [2.24, 2.45) is 0 Å². The Hall–Kier alpha value is -4.39. The van der Waals surface area contributed by atoms with Gasteiger partial charge in [0, 0.05) is 25.6 Å². The lowest BCUT2D eigenvalue weighted by Gasteiger charge is -2.35. The number of piperazine rings is 1. The van der Waals surface area contributed by atoms with Crippen LogP contribution in [0.4, 0.5) is 17.3 Å². The molecule has 2 aliphatic rings. The number of carbonyl (C=O) groups is 2. The largest absolute Gasteiger partial charge is 0.497 e. The summed E-state index contributed by atoms with van der Waals surface area (Å²) in [6.07, 6.45) is 1.59. The molecule has 1 aliphatic carbocycles. The summed E-state index contributed by atoms with van der Waals surface area (Å²) in [7, 11) is 1.63. The number of fused-ring (bicyclic) bond motifs is 1. The molecule has 1 saturated heterocycles. The fourth-order valence-corrected chi connectivity index (χ4v) is 5.14. The number of nitrogens with one attached hydrogen (secondary N) is 1. The van der Waals surface area contributed by atoms with Gasteiger partial charge in [-0.05, 0) is 54.1 Å². The van der Waals surface area contributed by atoms with Gasteiger partial charge < -0.3 is 19.9 Å². The average Bonchev–Trinajstić information content (AvgIpc) is 3.75. The minimum atomic E-state index is -0.545. The zero-order valence-electron chi connectivity index (χ0n) is 20.7. The first kappa shape index (κ1) is 23.0. The number of hydrogen-bond donors (Lipinski definition) is 1. The first-order chi connectivity index (χ1) is 18.1. The molecule has 2 amide bonds. The standard InChI is InChI=1S/C30H28N4O3.H2/c1-37-24-13-11-22(12-14-24)30(15-16-30)29(36)32-26-19-21-7-5-6-10-25(21)28(31-26)33-17-18-34(27(35)20-33)23-8-3-2-4-9-23;/h2-14,19H,15-18,20H2,1H3,(H,31,32,36);1H. The molecule has 4 aromatic rings. The van der Waals surface area contributed by atoms with Crippen molar-refractivity contribution in [2.45, 2.75) is 18.3 Å². The monoisotopic (exact) mass is 494 g/mol. The number of para-hydroxylation sites is 1. The van der Waals surface area contributed by atoms with E-state index in [1.54, 1.807) is 7.11 Å². The van der Waals surface area contributed by atoms with E-state index in [1.165, 1.54) is 0 Å². The number of hydrogen-bond acceptors (Lipinski definition) is 5. The molecule has 0 atom stereocenters. The van der Waals surface area contributed by atoms with Crippen molar-refractivity contribution >= 4 is 39.9 Å². The molecule has 6 rings (SSSR count). The van der Waals surface area contributed by atoms with Crippen LogP contribution in [0, 0.1) is 0 Å². The van der Waals surface area contributed by atoms with Crippen molar-refractivity contribution in [3.8, 4) is 5.75 Å². The van der Waals surface area contributed by atoms with Crippen LogP contribution in [0.15, 0.2) is 84.9 Å². The minimum absolute atomic E-state index is 0. The predicted molar refractivity (Wildman–Crippen MR) is 147 cm³/mol. The first-order valence-electron chi connectivity index (χ1n) is 12.5. The third-order valence-corrected chi connectivity index (χ3v) is 7.38. The van der Waals surface area contributed by atoms with E-state index in [2.05, 4.69) is 5.32 Å². The smallest absolute Gasteiger partial charge is 0.246 e. The Labute approximate surface area is 217 Å². The van der Waals surface area contributed by atoms with Crippen LogP contribution in [0.3, 0.4) is 0 Å². The van der Waals surface area contributed by atoms with Gasteiger partial charge in [-0.15, -0.1) is 0 Å². The summed E-state index contributed by atoms with van der Waals surface area (Å²) in [6.45, 7) is 1.43. The third-order valence-electron chi connectivity index (χ3n) is 7.38. The molecule has 1 N–H and O–H groups in total. The van der Waals surface area contributed by atoms with Crippen molar-refractivity contribution < 1.29 is 15.8 Å². The van der Waals surface area contributed by atoms with E-state index in [9.17, 15) is 9.59 Å². The lowest BCUT2D eigenvalue weighted by atomic mass is 9.95. The Balaban J connectivity index is 0.00000294. The molecule has 3 aromatic carbocycles. The van der Waals surface area contributed by atoms with Gasteiger partial charge in [0.2, 0.25) is 11.8 Å². The molecule has 1 aromatic heterocycles. The second-order valence-corrected chi connectivity index (χ2v) is 9.62. The van der Waals surface area contributed by atoms with Crippen LogP contribution in [0.1, 0.15) is 19.8 Å². The average molecular weight is 495 g/mol. The van der Waals surface area contributed by atoms with Crippen molar-refractivity contribution in [3.05, 3.63) is 90.5 Å². The molecule has 7 nitrogen and oxygen atoms in total. The highest BCUT2D eigenvalue weighted by molar-refractivity contribution is 6.04. The number of aromatic nitrogens is 1. The molecule has 37 heavy (non-hydrogen) atoms. The van der Waals surface area contributed by atoms with Crippen LogP contribution in [0.25, 0.3) is 10.8 Å². The van der Waals surface area contributed by atoms with Crippen LogP contribution < -0.4 is 19.9 Å². The van der Waals surface area contributed by atoms with Gasteiger partial charge in [0.15, 0.2) is 0 Å². The van der Waals surface area contributed by atoms with Crippen LogP contribution in [0.2, 0.25) is 0 Å². The molecule has 188 valence electrons. The SMILES string of the molecule is COc1ccc(C2(C(=O)Nc3cc4ccccc4c(N4CCN(c5ccccc5)C(=O)C4)n3)CC2)cc1.[HH]. The van der Waals surface area contributed by atoms with Gasteiger partial charge in [-0.2, -0.15) is 0 Å². The highest BCUT2D eigenvalue weighted by atomic mass is 16.5. The summed E-state index contributed by atoms with van der Waals surface area (Å²) >= 11 is 0. The Morgan fingerprint density at radius 1 is 0.973 bits per heavy atom. The topological polar surface area (TPSA) is 74.8 Å². The Bertz CT molecular complexity index is 1470. The van der Waals surface area contributed by atoms with E-state index in [-0.39, 0.29) is 19.8 Å². The van der Waals surface area contributed by atoms with Crippen molar-refractivity contribution in [1.29, 1.82) is 0 Å². The van der Waals surface area contributed by atoms with Crippen LogP contribution in [-0.4, -0.2) is 43.5 Å². The lowest BCUT2D eigenvalue weighted by molar-refractivity contribution is -0.119. The number of nitrogens with zero attached hydrogens (tertiary/aromatic N) is 3. The van der Waals surface area contributed by atoms with Crippen LogP contribution in [-0.2, 0) is 15.0 Å². The van der Waals surface area contributed by atoms with E-state index >= 15 is 0 Å². The second-order valence-electron chi connectivity index (χ2n) is 9.62. The number of rotatable bonds is 6. The number of methoxy groups -OCH3 is 1. The van der Waals surface area contributed by atoms with E-state index in [0.717, 1.165) is 40.6 Å².